The maximum atomic E-state index is 11.8. The van der Waals surface area contributed by atoms with Gasteiger partial charge in [0, 0.05) is 5.56 Å². The number of Topliss-reactive ketones (excluding diaryl/α,β-unsaturated/α-hetero) is 1. The average molecular weight is 264 g/mol. The van der Waals surface area contributed by atoms with Crippen LogP contribution < -0.4 is 0 Å². The molecule has 0 atom stereocenters. The maximum absolute atomic E-state index is 11.8. The number of carbonyl (C=O) groups excluding carboxylic acids is 1. The lowest BCUT2D eigenvalue weighted by Crippen LogP contribution is -2.09. The minimum absolute atomic E-state index is 0.0231. The van der Waals surface area contributed by atoms with Crippen molar-refractivity contribution in [2.75, 3.05) is 5.75 Å². The standard InChI is InChI=1S/C10H7F3O3S/c11-10(12,13)17-5-8(14)6-1-3-7(4-2-6)9(15)16/h1-4H,5H2,(H,15,16). The van der Waals surface area contributed by atoms with Gasteiger partial charge in [-0.3, -0.25) is 4.79 Å². The van der Waals surface area contributed by atoms with Gasteiger partial charge in [-0.05, 0) is 23.9 Å². The normalized spacial score (nSPS) is 11.2. The van der Waals surface area contributed by atoms with Gasteiger partial charge >= 0.3 is 11.5 Å². The highest BCUT2D eigenvalue weighted by atomic mass is 32.2. The monoisotopic (exact) mass is 264 g/mol. The van der Waals surface area contributed by atoms with Crippen molar-refractivity contribution in [2.45, 2.75) is 5.51 Å². The third-order valence-electron chi connectivity index (χ3n) is 1.82. The Bertz CT molecular complexity index is 425. The molecule has 1 rings (SSSR count). The van der Waals surface area contributed by atoms with Crippen LogP contribution in [-0.4, -0.2) is 28.1 Å². The number of aromatic carboxylic acids is 1. The Labute approximate surface area is 98.6 Å². The smallest absolute Gasteiger partial charge is 0.442 e. The van der Waals surface area contributed by atoms with Gasteiger partial charge in [0.1, 0.15) is 0 Å². The molecule has 0 aromatic heterocycles. The fourth-order valence-corrected chi connectivity index (χ4v) is 1.49. The van der Waals surface area contributed by atoms with Crippen LogP contribution in [0.5, 0.6) is 0 Å². The second-order valence-corrected chi connectivity index (χ2v) is 4.08. The molecule has 0 saturated carbocycles. The van der Waals surface area contributed by atoms with E-state index < -0.39 is 34.8 Å². The zero-order valence-corrected chi connectivity index (χ0v) is 9.14. The molecule has 0 aliphatic rings. The summed E-state index contributed by atoms with van der Waals surface area (Å²) < 4.78 is 35.5. The van der Waals surface area contributed by atoms with Crippen LogP contribution >= 0.6 is 11.8 Å². The third-order valence-corrected chi connectivity index (χ3v) is 2.55. The molecule has 1 aromatic rings. The molecule has 0 spiro atoms. The second-order valence-electron chi connectivity index (χ2n) is 3.04. The topological polar surface area (TPSA) is 54.4 Å². The van der Waals surface area contributed by atoms with Crippen molar-refractivity contribution in [1.82, 2.24) is 0 Å². The molecule has 0 aliphatic heterocycles. The Morgan fingerprint density at radius 3 is 2.00 bits per heavy atom. The molecule has 0 unspecified atom stereocenters. The first-order chi connectivity index (χ1) is 7.79. The Kier molecular flexibility index (Phi) is 4.17. The molecule has 92 valence electrons. The number of carboxylic acid groups (broad SMARTS) is 1. The lowest BCUT2D eigenvalue weighted by molar-refractivity contribution is -0.0327. The number of hydrogen-bond acceptors (Lipinski definition) is 3. The second kappa shape index (κ2) is 5.22. The molecule has 0 fully saturated rings. The summed E-state index contributed by atoms with van der Waals surface area (Å²) in [6.45, 7) is 0. The number of alkyl halides is 3. The van der Waals surface area contributed by atoms with E-state index >= 15 is 0 Å². The molecule has 7 heteroatoms. The molecule has 1 aromatic carbocycles. The number of rotatable bonds is 4. The van der Waals surface area contributed by atoms with Gasteiger partial charge in [-0.1, -0.05) is 12.1 Å². The lowest BCUT2D eigenvalue weighted by Gasteiger charge is -2.04. The van der Waals surface area contributed by atoms with Crippen LogP contribution in [0.1, 0.15) is 20.7 Å². The van der Waals surface area contributed by atoms with E-state index in [9.17, 15) is 22.8 Å². The molecule has 1 N–H and O–H groups in total. The van der Waals surface area contributed by atoms with Gasteiger partial charge < -0.3 is 5.11 Å². The summed E-state index contributed by atoms with van der Waals surface area (Å²) in [7, 11) is 0. The predicted octanol–water partition coefficient (Wildman–Crippen LogP) is 2.82. The highest BCUT2D eigenvalue weighted by molar-refractivity contribution is 8.00. The molecular weight excluding hydrogens is 257 g/mol. The fourth-order valence-electron chi connectivity index (χ4n) is 1.03. The van der Waals surface area contributed by atoms with E-state index in [1.54, 1.807) is 0 Å². The van der Waals surface area contributed by atoms with E-state index in [2.05, 4.69) is 0 Å². The molecule has 0 aliphatic carbocycles. The van der Waals surface area contributed by atoms with Gasteiger partial charge in [0.15, 0.2) is 5.78 Å². The first kappa shape index (κ1) is 13.6. The Morgan fingerprint density at radius 2 is 1.59 bits per heavy atom. The number of carboxylic acids is 1. The summed E-state index contributed by atoms with van der Waals surface area (Å²) in [6.07, 6.45) is 0. The van der Waals surface area contributed by atoms with Crippen LogP contribution in [-0.2, 0) is 0 Å². The van der Waals surface area contributed by atoms with Crippen molar-refractivity contribution < 1.29 is 27.9 Å². The van der Waals surface area contributed by atoms with E-state index in [0.29, 0.717) is 0 Å². The van der Waals surface area contributed by atoms with Crippen molar-refractivity contribution in [3.63, 3.8) is 0 Å². The minimum atomic E-state index is -4.45. The first-order valence-corrected chi connectivity index (χ1v) is 5.35. The maximum Gasteiger partial charge on any atom is 0.442 e. The van der Waals surface area contributed by atoms with E-state index in [1.165, 1.54) is 24.3 Å². The van der Waals surface area contributed by atoms with Gasteiger partial charge in [0.05, 0.1) is 11.3 Å². The Hall–Kier alpha value is -1.50. The highest BCUT2D eigenvalue weighted by Gasteiger charge is 2.29. The number of hydrogen-bond donors (Lipinski definition) is 1. The number of benzene rings is 1. The molecule has 0 heterocycles. The third kappa shape index (κ3) is 4.48. The SMILES string of the molecule is O=C(O)c1ccc(C(=O)CSC(F)(F)F)cc1. The number of carbonyl (C=O) groups is 2. The van der Waals surface area contributed by atoms with Gasteiger partial charge in [-0.15, -0.1) is 0 Å². The van der Waals surface area contributed by atoms with Crippen LogP contribution in [0.15, 0.2) is 24.3 Å². The van der Waals surface area contributed by atoms with E-state index in [4.69, 9.17) is 5.11 Å². The van der Waals surface area contributed by atoms with Gasteiger partial charge in [-0.2, -0.15) is 13.2 Å². The highest BCUT2D eigenvalue weighted by Crippen LogP contribution is 2.30. The van der Waals surface area contributed by atoms with Crippen molar-refractivity contribution >= 4 is 23.5 Å². The molecule has 0 amide bonds. The van der Waals surface area contributed by atoms with Crippen molar-refractivity contribution in [1.29, 1.82) is 0 Å². The fraction of sp³-hybridized carbons (Fsp3) is 0.200. The van der Waals surface area contributed by atoms with E-state index in [0.717, 1.165) is 0 Å². The Morgan fingerprint density at radius 1 is 1.12 bits per heavy atom. The van der Waals surface area contributed by atoms with Crippen molar-refractivity contribution in [3.8, 4) is 0 Å². The molecule has 17 heavy (non-hydrogen) atoms. The number of halogens is 3. The summed E-state index contributed by atoms with van der Waals surface area (Å²) in [5, 5.41) is 8.59. The van der Waals surface area contributed by atoms with Crippen LogP contribution in [0.2, 0.25) is 0 Å². The molecular formula is C10H7F3O3S. The van der Waals surface area contributed by atoms with Crippen molar-refractivity contribution in [3.05, 3.63) is 35.4 Å². The van der Waals surface area contributed by atoms with E-state index in [1.807, 2.05) is 0 Å². The average Bonchev–Trinajstić information content (AvgIpc) is 2.25. The zero-order chi connectivity index (χ0) is 13.1. The lowest BCUT2D eigenvalue weighted by atomic mass is 10.1. The summed E-state index contributed by atoms with van der Waals surface area (Å²) in [5.41, 5.74) is -4.41. The number of ketones is 1. The first-order valence-electron chi connectivity index (χ1n) is 4.37. The van der Waals surface area contributed by atoms with Crippen LogP contribution in [0.4, 0.5) is 13.2 Å². The predicted molar refractivity (Wildman–Crippen MR) is 56.2 cm³/mol. The van der Waals surface area contributed by atoms with Crippen molar-refractivity contribution in [2.24, 2.45) is 0 Å². The Balaban J connectivity index is 2.67. The summed E-state index contributed by atoms with van der Waals surface area (Å²) in [6, 6.07) is 4.74. The largest absolute Gasteiger partial charge is 0.478 e. The summed E-state index contributed by atoms with van der Waals surface area (Å²) in [5.74, 6) is -2.56. The molecule has 0 radical (unpaired) electrons. The van der Waals surface area contributed by atoms with Gasteiger partial charge in [0.2, 0.25) is 0 Å². The summed E-state index contributed by atoms with van der Waals surface area (Å²) in [4.78, 5) is 21.8. The van der Waals surface area contributed by atoms with Crippen LogP contribution in [0.3, 0.4) is 0 Å². The zero-order valence-electron chi connectivity index (χ0n) is 8.32. The summed E-state index contributed by atoms with van der Waals surface area (Å²) >= 11 is -0.419. The van der Waals surface area contributed by atoms with Gasteiger partial charge in [0.25, 0.3) is 0 Å². The van der Waals surface area contributed by atoms with Crippen LogP contribution in [0, 0.1) is 0 Å². The molecule has 0 bridgehead atoms. The molecule has 3 nitrogen and oxygen atoms in total. The quantitative estimate of drug-likeness (QED) is 0.849. The minimum Gasteiger partial charge on any atom is -0.478 e. The molecule has 0 saturated heterocycles. The number of thioether (sulfide) groups is 1. The van der Waals surface area contributed by atoms with E-state index in [-0.39, 0.29) is 11.1 Å². The van der Waals surface area contributed by atoms with Gasteiger partial charge in [-0.25, -0.2) is 4.79 Å². The van der Waals surface area contributed by atoms with Crippen LogP contribution in [0.25, 0.3) is 0 Å².